The number of aromatic amines is 1. The summed E-state index contributed by atoms with van der Waals surface area (Å²) >= 11 is 0. The summed E-state index contributed by atoms with van der Waals surface area (Å²) in [5.74, 6) is -1.09. The Hall–Kier alpha value is -2.88. The van der Waals surface area contributed by atoms with Crippen molar-refractivity contribution in [3.05, 3.63) is 89.2 Å². The maximum Gasteiger partial charge on any atom is 0.356 e. The van der Waals surface area contributed by atoms with Gasteiger partial charge in [-0.15, -0.1) is 0 Å². The average molecular weight is 278 g/mol. The van der Waals surface area contributed by atoms with Crippen LogP contribution >= 0.6 is 0 Å². The molecular formula is C17H14N2O2. The van der Waals surface area contributed by atoms with Gasteiger partial charge in [0.1, 0.15) is 0 Å². The van der Waals surface area contributed by atoms with Crippen LogP contribution in [0.2, 0.25) is 0 Å². The summed E-state index contributed by atoms with van der Waals surface area (Å²) in [6.07, 6.45) is 0. The number of hydrogen-bond donors (Lipinski definition) is 2. The van der Waals surface area contributed by atoms with Gasteiger partial charge in [-0.2, -0.15) is 5.10 Å². The van der Waals surface area contributed by atoms with Gasteiger partial charge in [0.2, 0.25) is 0 Å². The molecule has 4 nitrogen and oxygen atoms in total. The molecule has 0 saturated carbocycles. The normalized spacial score (nSPS) is 10.7. The molecule has 1 aromatic heterocycles. The van der Waals surface area contributed by atoms with Gasteiger partial charge in [-0.3, -0.25) is 5.10 Å². The summed E-state index contributed by atoms with van der Waals surface area (Å²) in [6, 6.07) is 21.5. The molecule has 0 bridgehead atoms. The van der Waals surface area contributed by atoms with E-state index in [1.807, 2.05) is 60.7 Å². The minimum atomic E-state index is -1.03. The van der Waals surface area contributed by atoms with Crippen molar-refractivity contribution in [2.45, 2.75) is 5.92 Å². The van der Waals surface area contributed by atoms with Gasteiger partial charge in [-0.25, -0.2) is 4.79 Å². The Morgan fingerprint density at radius 1 is 0.952 bits per heavy atom. The molecule has 4 heteroatoms. The number of carboxylic acids is 1. The van der Waals surface area contributed by atoms with E-state index in [1.165, 1.54) is 0 Å². The van der Waals surface area contributed by atoms with Crippen molar-refractivity contribution in [3.8, 4) is 0 Å². The van der Waals surface area contributed by atoms with E-state index in [1.54, 1.807) is 6.07 Å². The van der Waals surface area contributed by atoms with Crippen LogP contribution in [0.5, 0.6) is 0 Å². The van der Waals surface area contributed by atoms with Crippen molar-refractivity contribution in [1.29, 1.82) is 0 Å². The maximum atomic E-state index is 11.0. The number of nitrogens with zero attached hydrogens (tertiary/aromatic N) is 1. The molecular weight excluding hydrogens is 264 g/mol. The quantitative estimate of drug-likeness (QED) is 0.769. The van der Waals surface area contributed by atoms with Crippen LogP contribution in [0, 0.1) is 0 Å². The number of nitrogens with one attached hydrogen (secondary N) is 1. The number of aromatic carboxylic acids is 1. The van der Waals surface area contributed by atoms with Gasteiger partial charge in [0, 0.05) is 5.69 Å². The molecule has 2 N–H and O–H groups in total. The smallest absolute Gasteiger partial charge is 0.356 e. The van der Waals surface area contributed by atoms with Crippen LogP contribution in [0.25, 0.3) is 0 Å². The molecule has 0 aliphatic heterocycles. The first-order valence-corrected chi connectivity index (χ1v) is 6.64. The SMILES string of the molecule is O=C(O)c1cc(C(c2ccccc2)c2ccccc2)[nH]n1. The summed E-state index contributed by atoms with van der Waals surface area (Å²) in [5.41, 5.74) is 2.97. The van der Waals surface area contributed by atoms with Crippen LogP contribution in [0.4, 0.5) is 0 Å². The highest BCUT2D eigenvalue weighted by atomic mass is 16.4. The lowest BCUT2D eigenvalue weighted by atomic mass is 9.88. The first-order valence-electron chi connectivity index (χ1n) is 6.64. The fraction of sp³-hybridized carbons (Fsp3) is 0.0588. The second-order valence-corrected chi connectivity index (χ2v) is 4.77. The number of benzene rings is 2. The Labute approximate surface area is 122 Å². The third-order valence-electron chi connectivity index (χ3n) is 3.39. The molecule has 3 rings (SSSR count). The van der Waals surface area contributed by atoms with E-state index in [2.05, 4.69) is 10.2 Å². The predicted octanol–water partition coefficient (Wildman–Crippen LogP) is 3.29. The summed E-state index contributed by atoms with van der Waals surface area (Å²) in [6.45, 7) is 0. The van der Waals surface area contributed by atoms with Crippen LogP contribution < -0.4 is 0 Å². The van der Waals surface area contributed by atoms with E-state index >= 15 is 0 Å². The van der Waals surface area contributed by atoms with Crippen LogP contribution in [-0.2, 0) is 0 Å². The van der Waals surface area contributed by atoms with Gasteiger partial charge >= 0.3 is 5.97 Å². The van der Waals surface area contributed by atoms with Crippen molar-refractivity contribution >= 4 is 5.97 Å². The zero-order chi connectivity index (χ0) is 14.7. The van der Waals surface area contributed by atoms with Crippen LogP contribution in [0.15, 0.2) is 66.7 Å². The second-order valence-electron chi connectivity index (χ2n) is 4.77. The van der Waals surface area contributed by atoms with Gasteiger partial charge in [-0.1, -0.05) is 60.7 Å². The van der Waals surface area contributed by atoms with Crippen LogP contribution in [0.3, 0.4) is 0 Å². The van der Waals surface area contributed by atoms with E-state index in [0.717, 1.165) is 16.8 Å². The number of rotatable bonds is 4. The third-order valence-corrected chi connectivity index (χ3v) is 3.39. The highest BCUT2D eigenvalue weighted by Gasteiger charge is 2.20. The van der Waals surface area contributed by atoms with E-state index in [4.69, 9.17) is 5.11 Å². The number of hydrogen-bond acceptors (Lipinski definition) is 2. The molecule has 0 atom stereocenters. The highest BCUT2D eigenvalue weighted by molar-refractivity contribution is 5.85. The highest BCUT2D eigenvalue weighted by Crippen LogP contribution is 2.30. The summed E-state index contributed by atoms with van der Waals surface area (Å²) in [5, 5.41) is 15.8. The van der Waals surface area contributed by atoms with E-state index in [-0.39, 0.29) is 11.6 Å². The van der Waals surface area contributed by atoms with E-state index in [9.17, 15) is 4.79 Å². The largest absolute Gasteiger partial charge is 0.476 e. The Morgan fingerprint density at radius 3 is 1.90 bits per heavy atom. The third kappa shape index (κ3) is 2.69. The van der Waals surface area contributed by atoms with Gasteiger partial charge in [0.25, 0.3) is 0 Å². The number of carbonyl (C=O) groups is 1. The second kappa shape index (κ2) is 5.63. The molecule has 1 heterocycles. The maximum absolute atomic E-state index is 11.0. The molecule has 104 valence electrons. The minimum absolute atomic E-state index is 0.0295. The molecule has 0 unspecified atom stereocenters. The minimum Gasteiger partial charge on any atom is -0.476 e. The standard InChI is InChI=1S/C17H14N2O2/c20-17(21)15-11-14(18-19-15)16(12-7-3-1-4-8-12)13-9-5-2-6-10-13/h1-11,16H,(H,18,19)(H,20,21). The number of carboxylic acid groups (broad SMARTS) is 1. The summed E-state index contributed by atoms with van der Waals surface area (Å²) < 4.78 is 0. The molecule has 21 heavy (non-hydrogen) atoms. The molecule has 0 fully saturated rings. The van der Waals surface area contributed by atoms with E-state index in [0.29, 0.717) is 0 Å². The number of H-pyrrole nitrogens is 1. The fourth-order valence-electron chi connectivity index (χ4n) is 2.44. The average Bonchev–Trinajstić information content (AvgIpc) is 3.00. The fourth-order valence-corrected chi connectivity index (χ4v) is 2.44. The lowest BCUT2D eigenvalue weighted by Gasteiger charge is -2.16. The first kappa shape index (κ1) is 13.1. The lowest BCUT2D eigenvalue weighted by Crippen LogP contribution is -2.03. The molecule has 3 aromatic rings. The molecule has 0 amide bonds. The van der Waals surface area contributed by atoms with Gasteiger partial charge in [0.15, 0.2) is 5.69 Å². The Bertz CT molecular complexity index is 696. The molecule has 2 aromatic carbocycles. The monoisotopic (exact) mass is 278 g/mol. The zero-order valence-electron chi connectivity index (χ0n) is 11.2. The van der Waals surface area contributed by atoms with Crippen molar-refractivity contribution in [3.63, 3.8) is 0 Å². The van der Waals surface area contributed by atoms with Gasteiger partial charge in [-0.05, 0) is 17.2 Å². The van der Waals surface area contributed by atoms with Gasteiger partial charge in [0.05, 0.1) is 5.92 Å². The molecule has 0 spiro atoms. The zero-order valence-corrected chi connectivity index (χ0v) is 11.2. The van der Waals surface area contributed by atoms with Gasteiger partial charge < -0.3 is 5.11 Å². The number of aromatic nitrogens is 2. The lowest BCUT2D eigenvalue weighted by molar-refractivity contribution is 0.0690. The van der Waals surface area contributed by atoms with Crippen molar-refractivity contribution in [2.75, 3.05) is 0 Å². The van der Waals surface area contributed by atoms with Crippen molar-refractivity contribution < 1.29 is 9.90 Å². The molecule has 0 saturated heterocycles. The van der Waals surface area contributed by atoms with Crippen molar-refractivity contribution in [2.24, 2.45) is 0 Å². The van der Waals surface area contributed by atoms with E-state index < -0.39 is 5.97 Å². The topological polar surface area (TPSA) is 66.0 Å². The Balaban J connectivity index is 2.10. The predicted molar refractivity (Wildman–Crippen MR) is 79.4 cm³/mol. The molecule has 0 radical (unpaired) electrons. The molecule has 0 aliphatic rings. The summed E-state index contributed by atoms with van der Waals surface area (Å²) in [7, 11) is 0. The molecule has 0 aliphatic carbocycles. The van der Waals surface area contributed by atoms with Crippen LogP contribution in [-0.4, -0.2) is 21.3 Å². The Morgan fingerprint density at radius 2 is 1.48 bits per heavy atom. The summed E-state index contributed by atoms with van der Waals surface area (Å²) in [4.78, 5) is 11.0. The first-order chi connectivity index (χ1) is 10.3. The van der Waals surface area contributed by atoms with Crippen LogP contribution in [0.1, 0.15) is 33.2 Å². The van der Waals surface area contributed by atoms with Crippen molar-refractivity contribution in [1.82, 2.24) is 10.2 Å². The Kier molecular flexibility index (Phi) is 3.51.